The van der Waals surface area contributed by atoms with Crippen LogP contribution in [-0.4, -0.2) is 30.8 Å². The van der Waals surface area contributed by atoms with Gasteiger partial charge >= 0.3 is 0 Å². The van der Waals surface area contributed by atoms with Crippen molar-refractivity contribution in [3.8, 4) is 0 Å². The molecule has 2 heterocycles. The number of aromatic nitrogens is 1. The molecule has 16 heavy (non-hydrogen) atoms. The van der Waals surface area contributed by atoms with Crippen molar-refractivity contribution in [2.75, 3.05) is 19.8 Å². The minimum Gasteiger partial charge on any atom is -0.376 e. The standard InChI is InChI=1S/C11H18N2O2S/c1-8(2)12-5-9-6-13-11(16-9)10-7-14-3-4-15-10/h6,8,10,12H,3-5,7H2,1-2H3. The first-order valence-electron chi connectivity index (χ1n) is 5.63. The lowest BCUT2D eigenvalue weighted by atomic mass is 10.4. The molecule has 0 amide bonds. The van der Waals surface area contributed by atoms with Crippen LogP contribution < -0.4 is 5.32 Å². The van der Waals surface area contributed by atoms with Gasteiger partial charge in [0.15, 0.2) is 0 Å². The summed E-state index contributed by atoms with van der Waals surface area (Å²) >= 11 is 1.70. The molecule has 1 aliphatic rings. The summed E-state index contributed by atoms with van der Waals surface area (Å²) < 4.78 is 11.0. The van der Waals surface area contributed by atoms with Crippen LogP contribution in [0.2, 0.25) is 0 Å². The summed E-state index contributed by atoms with van der Waals surface area (Å²) in [7, 11) is 0. The maximum atomic E-state index is 5.61. The molecule has 0 saturated carbocycles. The monoisotopic (exact) mass is 242 g/mol. The first-order chi connectivity index (χ1) is 7.75. The number of rotatable bonds is 4. The Bertz CT molecular complexity index is 322. The third-order valence-electron chi connectivity index (χ3n) is 2.35. The van der Waals surface area contributed by atoms with E-state index < -0.39 is 0 Å². The maximum Gasteiger partial charge on any atom is 0.132 e. The second-order valence-electron chi connectivity index (χ2n) is 4.13. The molecule has 1 aromatic rings. The van der Waals surface area contributed by atoms with Crippen molar-refractivity contribution in [2.24, 2.45) is 0 Å². The molecule has 2 rings (SSSR count). The Morgan fingerprint density at radius 3 is 3.12 bits per heavy atom. The fourth-order valence-electron chi connectivity index (χ4n) is 1.49. The summed E-state index contributed by atoms with van der Waals surface area (Å²) in [5, 5.41) is 4.40. The Labute approximate surface area is 100.0 Å². The van der Waals surface area contributed by atoms with E-state index in [0.717, 1.165) is 11.6 Å². The number of hydrogen-bond donors (Lipinski definition) is 1. The fourth-order valence-corrected chi connectivity index (χ4v) is 2.39. The number of hydrogen-bond acceptors (Lipinski definition) is 5. The number of thiazole rings is 1. The summed E-state index contributed by atoms with van der Waals surface area (Å²) in [4.78, 5) is 5.64. The molecule has 1 saturated heterocycles. The third-order valence-corrected chi connectivity index (χ3v) is 3.44. The smallest absolute Gasteiger partial charge is 0.132 e. The van der Waals surface area contributed by atoms with Gasteiger partial charge in [-0.1, -0.05) is 13.8 Å². The van der Waals surface area contributed by atoms with Crippen molar-refractivity contribution in [2.45, 2.75) is 32.5 Å². The van der Waals surface area contributed by atoms with Crippen molar-refractivity contribution in [1.29, 1.82) is 0 Å². The highest BCUT2D eigenvalue weighted by Crippen LogP contribution is 2.25. The Balaban J connectivity index is 1.90. The van der Waals surface area contributed by atoms with E-state index in [1.165, 1.54) is 4.88 Å². The summed E-state index contributed by atoms with van der Waals surface area (Å²) in [5.74, 6) is 0. The average Bonchev–Trinajstić information content (AvgIpc) is 2.76. The highest BCUT2D eigenvalue weighted by Gasteiger charge is 2.19. The number of nitrogens with one attached hydrogen (secondary N) is 1. The topological polar surface area (TPSA) is 43.4 Å². The van der Waals surface area contributed by atoms with Crippen molar-refractivity contribution >= 4 is 11.3 Å². The van der Waals surface area contributed by atoms with E-state index in [0.29, 0.717) is 25.9 Å². The van der Waals surface area contributed by atoms with E-state index in [1.54, 1.807) is 11.3 Å². The second kappa shape index (κ2) is 5.72. The van der Waals surface area contributed by atoms with Crippen LogP contribution in [-0.2, 0) is 16.0 Å². The average molecular weight is 242 g/mol. The van der Waals surface area contributed by atoms with Gasteiger partial charge in [0.1, 0.15) is 11.1 Å². The first-order valence-corrected chi connectivity index (χ1v) is 6.44. The molecule has 0 spiro atoms. The molecule has 0 bridgehead atoms. The molecule has 5 heteroatoms. The molecule has 1 N–H and O–H groups in total. The van der Waals surface area contributed by atoms with Crippen LogP contribution in [0.15, 0.2) is 6.20 Å². The third kappa shape index (κ3) is 3.25. The van der Waals surface area contributed by atoms with Crippen LogP contribution in [0.25, 0.3) is 0 Å². The van der Waals surface area contributed by atoms with Crippen LogP contribution in [0.3, 0.4) is 0 Å². The molecule has 1 fully saturated rings. The summed E-state index contributed by atoms with van der Waals surface area (Å²) in [6.07, 6.45) is 1.96. The van der Waals surface area contributed by atoms with E-state index in [9.17, 15) is 0 Å². The largest absolute Gasteiger partial charge is 0.376 e. The lowest BCUT2D eigenvalue weighted by Crippen LogP contribution is -2.21. The normalized spacial score (nSPS) is 21.6. The molecular formula is C11H18N2O2S. The lowest BCUT2D eigenvalue weighted by molar-refractivity contribution is -0.0901. The van der Waals surface area contributed by atoms with Gasteiger partial charge in [0.2, 0.25) is 0 Å². The van der Waals surface area contributed by atoms with Crippen LogP contribution in [0.1, 0.15) is 29.8 Å². The Hall–Kier alpha value is -0.490. The van der Waals surface area contributed by atoms with Gasteiger partial charge in [-0.25, -0.2) is 4.98 Å². The van der Waals surface area contributed by atoms with Gasteiger partial charge in [0.05, 0.1) is 19.8 Å². The van der Waals surface area contributed by atoms with E-state index in [1.807, 2.05) is 6.20 Å². The second-order valence-corrected chi connectivity index (χ2v) is 5.28. The van der Waals surface area contributed by atoms with Crippen LogP contribution >= 0.6 is 11.3 Å². The molecule has 1 atom stereocenters. The van der Waals surface area contributed by atoms with E-state index in [2.05, 4.69) is 24.1 Å². The highest BCUT2D eigenvalue weighted by atomic mass is 32.1. The maximum absolute atomic E-state index is 5.61. The SMILES string of the molecule is CC(C)NCc1cnc(C2COCCO2)s1. The van der Waals surface area contributed by atoms with Gasteiger partial charge in [-0.05, 0) is 0 Å². The van der Waals surface area contributed by atoms with Crippen molar-refractivity contribution < 1.29 is 9.47 Å². The lowest BCUT2D eigenvalue weighted by Gasteiger charge is -2.20. The van der Waals surface area contributed by atoms with Crippen LogP contribution in [0.4, 0.5) is 0 Å². The van der Waals surface area contributed by atoms with Gasteiger partial charge in [-0.2, -0.15) is 0 Å². The molecule has 0 aliphatic carbocycles. The van der Waals surface area contributed by atoms with Crippen LogP contribution in [0, 0.1) is 0 Å². The predicted molar refractivity (Wildman–Crippen MR) is 63.6 cm³/mol. The Morgan fingerprint density at radius 1 is 1.56 bits per heavy atom. The summed E-state index contributed by atoms with van der Waals surface area (Å²) in [6, 6.07) is 0.500. The minimum absolute atomic E-state index is 0.0338. The van der Waals surface area contributed by atoms with E-state index in [4.69, 9.17) is 9.47 Å². The zero-order valence-electron chi connectivity index (χ0n) is 9.73. The summed E-state index contributed by atoms with van der Waals surface area (Å²) in [6.45, 7) is 7.15. The highest BCUT2D eigenvalue weighted by molar-refractivity contribution is 7.11. The zero-order chi connectivity index (χ0) is 11.4. The predicted octanol–water partition coefficient (Wildman–Crippen LogP) is 1.73. The molecule has 1 aromatic heterocycles. The van der Waals surface area contributed by atoms with Crippen molar-refractivity contribution in [3.05, 3.63) is 16.1 Å². The van der Waals surface area contributed by atoms with Gasteiger partial charge in [0.25, 0.3) is 0 Å². The molecule has 90 valence electrons. The van der Waals surface area contributed by atoms with Gasteiger partial charge in [-0.3, -0.25) is 0 Å². The number of nitrogens with zero attached hydrogens (tertiary/aromatic N) is 1. The Kier molecular flexibility index (Phi) is 4.29. The van der Waals surface area contributed by atoms with Gasteiger partial charge in [-0.15, -0.1) is 11.3 Å². The first kappa shape index (κ1) is 12.0. The zero-order valence-corrected chi connectivity index (χ0v) is 10.5. The molecule has 0 radical (unpaired) electrons. The molecule has 4 nitrogen and oxygen atoms in total. The molecule has 1 aliphatic heterocycles. The van der Waals surface area contributed by atoms with Crippen LogP contribution in [0.5, 0.6) is 0 Å². The quantitative estimate of drug-likeness (QED) is 0.873. The van der Waals surface area contributed by atoms with Gasteiger partial charge in [0, 0.05) is 23.7 Å². The van der Waals surface area contributed by atoms with Gasteiger partial charge < -0.3 is 14.8 Å². The fraction of sp³-hybridized carbons (Fsp3) is 0.727. The molecular weight excluding hydrogens is 224 g/mol. The molecule has 1 unspecified atom stereocenters. The van der Waals surface area contributed by atoms with Crippen molar-refractivity contribution in [3.63, 3.8) is 0 Å². The minimum atomic E-state index is 0.0338. The number of ether oxygens (including phenoxy) is 2. The van der Waals surface area contributed by atoms with E-state index in [-0.39, 0.29) is 6.10 Å². The van der Waals surface area contributed by atoms with E-state index >= 15 is 0 Å². The summed E-state index contributed by atoms with van der Waals surface area (Å²) in [5.41, 5.74) is 0. The van der Waals surface area contributed by atoms with Crippen molar-refractivity contribution in [1.82, 2.24) is 10.3 Å². The Morgan fingerprint density at radius 2 is 2.44 bits per heavy atom. The molecule has 0 aromatic carbocycles.